The molecule has 0 spiro atoms. The van der Waals surface area contributed by atoms with Gasteiger partial charge in [-0.2, -0.15) is 25.3 Å². The van der Waals surface area contributed by atoms with Crippen LogP contribution in [0.2, 0.25) is 0 Å². The second-order valence-electron chi connectivity index (χ2n) is 12.7. The number of carbonyl (C=O) groups excluding carboxylic acids is 2. The topological polar surface area (TPSA) is 241 Å². The largest absolute Gasteiger partial charge is 0.397 e. The second-order valence-corrected chi connectivity index (χ2v) is 17.7. The van der Waals surface area contributed by atoms with Crippen LogP contribution in [0.25, 0.3) is 0 Å². The Morgan fingerprint density at radius 2 is 1.27 bits per heavy atom. The van der Waals surface area contributed by atoms with Gasteiger partial charge in [-0.1, -0.05) is 36.4 Å². The van der Waals surface area contributed by atoms with Crippen molar-refractivity contribution < 1.29 is 47.4 Å². The first-order valence-electron chi connectivity index (χ1n) is 16.6. The van der Waals surface area contributed by atoms with E-state index in [1.165, 1.54) is 37.5 Å². The molecule has 16 nitrogen and oxygen atoms in total. The molecule has 292 valence electrons. The van der Waals surface area contributed by atoms with E-state index in [0.717, 1.165) is 27.4 Å². The number of nitrogens with zero attached hydrogens (tertiary/aromatic N) is 3. The molecule has 0 saturated heterocycles. The van der Waals surface area contributed by atoms with Crippen LogP contribution in [0.1, 0.15) is 71.3 Å². The fraction of sp³-hybridized carbons (Fsp3) is 0.216. The zero-order valence-corrected chi connectivity index (χ0v) is 33.3. The zero-order valence-electron chi connectivity index (χ0n) is 30.8. The molecule has 0 unspecified atom stereocenters. The van der Waals surface area contributed by atoms with E-state index in [9.17, 15) is 34.8 Å². The third-order valence-electron chi connectivity index (χ3n) is 9.53. The minimum absolute atomic E-state index is 0.0255. The Bertz CT molecular complexity index is 2830. The number of nitrogens with one attached hydrogen (secondary N) is 1. The van der Waals surface area contributed by atoms with Gasteiger partial charge in [-0.3, -0.25) is 22.1 Å². The van der Waals surface area contributed by atoms with Crippen molar-refractivity contribution >= 4 is 59.0 Å². The molecule has 0 aliphatic heterocycles. The standard InChI is InChI=1S/C37H35N5O11S3/c1-19-26(16-30-40-18-39-29(42-30)15-22-10-9-11-23(14-22)54(45,46)51-4)20(2)37(56(49,50)53-6)21(3)34(19)41-27-17-28(55(47,48)52-5)33(38)32-31(27)35(43)24-12-7-8-13-25(24)36(32)44/h7-14,17-18,41H,15-16,38H2,1-6H3. The molecule has 0 bridgehead atoms. The van der Waals surface area contributed by atoms with Gasteiger partial charge in [0.25, 0.3) is 30.4 Å². The number of aromatic nitrogens is 3. The Morgan fingerprint density at radius 1 is 0.679 bits per heavy atom. The van der Waals surface area contributed by atoms with Crippen LogP contribution in [0.3, 0.4) is 0 Å². The number of anilines is 3. The van der Waals surface area contributed by atoms with Crippen LogP contribution >= 0.6 is 0 Å². The third-order valence-corrected chi connectivity index (χ3v) is 13.7. The van der Waals surface area contributed by atoms with Crippen molar-refractivity contribution in [2.24, 2.45) is 0 Å². The summed E-state index contributed by atoms with van der Waals surface area (Å²) in [6.07, 6.45) is 1.35. The predicted molar refractivity (Wildman–Crippen MR) is 203 cm³/mol. The molecule has 4 aromatic carbocycles. The molecule has 0 radical (unpaired) electrons. The number of nitrogens with two attached hydrogens (primary N) is 1. The van der Waals surface area contributed by atoms with E-state index >= 15 is 0 Å². The summed E-state index contributed by atoms with van der Waals surface area (Å²) in [4.78, 5) is 40.3. The minimum atomic E-state index is -4.55. The molecule has 3 N–H and O–H groups in total. The minimum Gasteiger partial charge on any atom is -0.397 e. The van der Waals surface area contributed by atoms with Crippen LogP contribution in [0, 0.1) is 20.8 Å². The Balaban J connectivity index is 1.52. The number of benzene rings is 4. The van der Waals surface area contributed by atoms with Gasteiger partial charge < -0.3 is 11.1 Å². The van der Waals surface area contributed by atoms with Crippen LogP contribution in [0.5, 0.6) is 0 Å². The third kappa shape index (κ3) is 7.08. The van der Waals surface area contributed by atoms with Crippen LogP contribution in [0.4, 0.5) is 17.1 Å². The van der Waals surface area contributed by atoms with Crippen molar-refractivity contribution in [2.75, 3.05) is 32.4 Å². The van der Waals surface area contributed by atoms with E-state index in [1.807, 2.05) is 0 Å². The molecule has 0 saturated carbocycles. The Morgan fingerprint density at radius 3 is 1.88 bits per heavy atom. The molecule has 56 heavy (non-hydrogen) atoms. The van der Waals surface area contributed by atoms with Gasteiger partial charge in [0.05, 0.1) is 48.7 Å². The maximum atomic E-state index is 14.1. The summed E-state index contributed by atoms with van der Waals surface area (Å²) in [5.41, 5.74) is 7.26. The number of hydrogen-bond acceptors (Lipinski definition) is 16. The van der Waals surface area contributed by atoms with Gasteiger partial charge in [-0.05, 0) is 66.8 Å². The lowest BCUT2D eigenvalue weighted by atomic mass is 9.82. The van der Waals surface area contributed by atoms with Crippen molar-refractivity contribution in [3.8, 4) is 0 Å². The van der Waals surface area contributed by atoms with E-state index in [2.05, 4.69) is 24.5 Å². The number of rotatable bonds is 12. The van der Waals surface area contributed by atoms with E-state index in [0.29, 0.717) is 22.3 Å². The summed E-state index contributed by atoms with van der Waals surface area (Å²) < 4.78 is 92.2. The lowest BCUT2D eigenvalue weighted by molar-refractivity contribution is 0.0980. The number of fused-ring (bicyclic) bond motifs is 2. The van der Waals surface area contributed by atoms with Gasteiger partial charge in [0.1, 0.15) is 27.8 Å². The molecular formula is C37H35N5O11S3. The van der Waals surface area contributed by atoms with Gasteiger partial charge in [0.2, 0.25) is 0 Å². The maximum absolute atomic E-state index is 14.1. The number of carbonyl (C=O) groups is 2. The SMILES string of the molecule is COS(=O)(=O)c1cccc(Cc2ncnc(Cc3c(C)c(Nc4cc(S(=O)(=O)OC)c(N)c5c4C(=O)c4ccccc4C5=O)c(C)c(S(=O)(=O)OC)c3C)n2)c1. The molecular weight excluding hydrogens is 787 g/mol. The van der Waals surface area contributed by atoms with Crippen LogP contribution in [-0.2, 0) is 55.7 Å². The highest BCUT2D eigenvalue weighted by Gasteiger charge is 2.37. The van der Waals surface area contributed by atoms with Gasteiger partial charge >= 0.3 is 0 Å². The summed E-state index contributed by atoms with van der Waals surface area (Å²) in [7, 11) is -9.92. The maximum Gasteiger partial charge on any atom is 0.298 e. The Hall–Kier alpha value is -5.44. The van der Waals surface area contributed by atoms with E-state index in [4.69, 9.17) is 14.1 Å². The van der Waals surface area contributed by atoms with E-state index in [1.54, 1.807) is 38.1 Å². The average molecular weight is 822 g/mol. The molecule has 1 heterocycles. The number of hydrogen-bond donors (Lipinski definition) is 2. The number of nitrogen functional groups attached to an aromatic ring is 1. The summed E-state index contributed by atoms with van der Waals surface area (Å²) in [5.74, 6) is -0.798. The van der Waals surface area contributed by atoms with Gasteiger partial charge in [0.15, 0.2) is 11.6 Å². The van der Waals surface area contributed by atoms with Gasteiger partial charge in [0, 0.05) is 29.7 Å². The van der Waals surface area contributed by atoms with Crippen molar-refractivity contribution in [1.82, 2.24) is 15.0 Å². The summed E-state index contributed by atoms with van der Waals surface area (Å²) in [5, 5.41) is 3.09. The van der Waals surface area contributed by atoms with E-state index < -0.39 is 52.5 Å². The highest BCUT2D eigenvalue weighted by molar-refractivity contribution is 7.87. The molecule has 0 fully saturated rings. The van der Waals surface area contributed by atoms with Crippen molar-refractivity contribution in [1.29, 1.82) is 0 Å². The van der Waals surface area contributed by atoms with Crippen molar-refractivity contribution in [2.45, 2.75) is 48.3 Å². The van der Waals surface area contributed by atoms with Crippen LogP contribution in [0.15, 0.2) is 75.6 Å². The second kappa shape index (κ2) is 14.9. The summed E-state index contributed by atoms with van der Waals surface area (Å²) >= 11 is 0. The Kier molecular flexibility index (Phi) is 10.7. The zero-order chi connectivity index (χ0) is 40.9. The van der Waals surface area contributed by atoms with Gasteiger partial charge in [-0.25, -0.2) is 15.0 Å². The first-order valence-corrected chi connectivity index (χ1v) is 20.8. The van der Waals surface area contributed by atoms with Crippen molar-refractivity contribution in [3.63, 3.8) is 0 Å². The molecule has 1 aliphatic carbocycles. The molecule has 1 aromatic heterocycles. The number of ketones is 2. The molecule has 5 aromatic rings. The van der Waals surface area contributed by atoms with Crippen LogP contribution in [-0.4, -0.2) is 73.1 Å². The highest BCUT2D eigenvalue weighted by atomic mass is 32.2. The first-order chi connectivity index (χ1) is 26.4. The predicted octanol–water partition coefficient (Wildman–Crippen LogP) is 4.08. The average Bonchev–Trinajstić information content (AvgIpc) is 3.17. The smallest absolute Gasteiger partial charge is 0.298 e. The normalized spacial score (nSPS) is 13.0. The lowest BCUT2D eigenvalue weighted by Gasteiger charge is -2.26. The molecule has 1 aliphatic rings. The van der Waals surface area contributed by atoms with Crippen LogP contribution < -0.4 is 11.1 Å². The molecule has 19 heteroatoms. The van der Waals surface area contributed by atoms with Crippen molar-refractivity contribution in [3.05, 3.63) is 123 Å². The molecule has 0 atom stereocenters. The van der Waals surface area contributed by atoms with Gasteiger partial charge in [-0.15, -0.1) is 0 Å². The molecule has 6 rings (SSSR count). The monoisotopic (exact) mass is 821 g/mol. The fourth-order valence-electron chi connectivity index (χ4n) is 6.77. The lowest BCUT2D eigenvalue weighted by Crippen LogP contribution is -2.25. The first kappa shape index (κ1) is 40.2. The summed E-state index contributed by atoms with van der Waals surface area (Å²) in [6, 6.07) is 13.2. The van der Waals surface area contributed by atoms with E-state index in [-0.39, 0.29) is 73.5 Å². The molecule has 0 amide bonds. The summed E-state index contributed by atoms with van der Waals surface area (Å²) in [6.45, 7) is 4.78. The highest BCUT2D eigenvalue weighted by Crippen LogP contribution is 2.43. The Labute approximate surface area is 323 Å². The quantitative estimate of drug-likeness (QED) is 0.131. The fourth-order valence-corrected chi connectivity index (χ4v) is 9.46.